The number of tetrazole rings is 1. The van der Waals surface area contributed by atoms with Gasteiger partial charge in [-0.1, -0.05) is 5.21 Å². The minimum Gasteiger partial charge on any atom is -0.354 e. The van der Waals surface area contributed by atoms with Gasteiger partial charge in [-0.25, -0.2) is 0 Å². The van der Waals surface area contributed by atoms with Crippen LogP contribution in [0, 0.1) is 0 Å². The summed E-state index contributed by atoms with van der Waals surface area (Å²) < 4.78 is 10.3. The maximum absolute atomic E-state index is 5.13. The van der Waals surface area contributed by atoms with Crippen LogP contribution < -0.4 is 5.32 Å². The lowest BCUT2D eigenvalue weighted by atomic mass is 10.2. The second-order valence-electron chi connectivity index (χ2n) is 3.29. The molecule has 0 saturated heterocycles. The Kier molecular flexibility index (Phi) is 4.60. The van der Waals surface area contributed by atoms with Gasteiger partial charge in [-0.05, 0) is 13.8 Å². The number of rotatable bonds is 6. The Morgan fingerprint density at radius 2 is 1.93 bits per heavy atom. The third kappa shape index (κ3) is 3.22. The Bertz CT molecular complexity index is 262. The van der Waals surface area contributed by atoms with Crippen molar-refractivity contribution >= 4 is 0 Å². The molecule has 7 nitrogen and oxygen atoms in total. The predicted molar refractivity (Wildman–Crippen MR) is 53.0 cm³/mol. The van der Waals surface area contributed by atoms with Crippen molar-refractivity contribution in [3.8, 4) is 0 Å². The minimum absolute atomic E-state index is 0.00782. The molecule has 1 aromatic rings. The van der Waals surface area contributed by atoms with Gasteiger partial charge in [0.1, 0.15) is 0 Å². The topological polar surface area (TPSA) is 85.0 Å². The second kappa shape index (κ2) is 5.74. The van der Waals surface area contributed by atoms with Crippen molar-refractivity contribution in [1.82, 2.24) is 25.9 Å². The lowest BCUT2D eigenvalue weighted by Crippen LogP contribution is -2.41. The normalized spacial score (nSPS) is 15.5. The molecule has 86 valence electrons. The molecule has 1 heterocycles. The fourth-order valence-electron chi connectivity index (χ4n) is 1.40. The molecule has 0 amide bonds. The standard InChI is InChI=1S/C8H17N5O2/c1-5(7-10-12-13-11-7)9-6(2)8(14-3)15-4/h5-6,8-9H,1-4H3,(H,10,11,12,13). The molecule has 0 aromatic carbocycles. The van der Waals surface area contributed by atoms with E-state index in [9.17, 15) is 0 Å². The molecule has 1 rings (SSSR count). The molecule has 2 unspecified atom stereocenters. The van der Waals surface area contributed by atoms with E-state index in [0.29, 0.717) is 5.82 Å². The smallest absolute Gasteiger partial charge is 0.191 e. The Morgan fingerprint density at radius 3 is 2.40 bits per heavy atom. The number of hydrogen-bond acceptors (Lipinski definition) is 6. The Morgan fingerprint density at radius 1 is 1.27 bits per heavy atom. The van der Waals surface area contributed by atoms with E-state index in [1.807, 2.05) is 13.8 Å². The maximum atomic E-state index is 5.13. The third-order valence-electron chi connectivity index (χ3n) is 2.13. The predicted octanol–water partition coefficient (Wildman–Crippen LogP) is -0.142. The average Bonchev–Trinajstić information content (AvgIpc) is 2.72. The van der Waals surface area contributed by atoms with Gasteiger partial charge in [-0.2, -0.15) is 5.21 Å². The zero-order chi connectivity index (χ0) is 11.3. The highest BCUT2D eigenvalue weighted by atomic mass is 16.7. The highest BCUT2D eigenvalue weighted by molar-refractivity contribution is 4.87. The van der Waals surface area contributed by atoms with Crippen molar-refractivity contribution in [2.45, 2.75) is 32.2 Å². The number of aromatic amines is 1. The van der Waals surface area contributed by atoms with Crippen LogP contribution in [-0.4, -0.2) is 47.2 Å². The molecule has 2 N–H and O–H groups in total. The van der Waals surface area contributed by atoms with E-state index in [1.54, 1.807) is 14.2 Å². The maximum Gasteiger partial charge on any atom is 0.191 e. The summed E-state index contributed by atoms with van der Waals surface area (Å²) in [5.41, 5.74) is 0. The highest BCUT2D eigenvalue weighted by Crippen LogP contribution is 2.08. The van der Waals surface area contributed by atoms with Gasteiger partial charge in [0.2, 0.25) is 0 Å². The molecule has 7 heteroatoms. The Labute approximate surface area is 88.5 Å². The fraction of sp³-hybridized carbons (Fsp3) is 0.875. The van der Waals surface area contributed by atoms with E-state index >= 15 is 0 Å². The number of nitrogens with zero attached hydrogens (tertiary/aromatic N) is 3. The van der Waals surface area contributed by atoms with Crippen LogP contribution in [0.1, 0.15) is 25.7 Å². The molecule has 0 aliphatic rings. The van der Waals surface area contributed by atoms with Crippen molar-refractivity contribution in [2.75, 3.05) is 14.2 Å². The molecular weight excluding hydrogens is 198 g/mol. The number of ether oxygens (including phenoxy) is 2. The number of nitrogens with one attached hydrogen (secondary N) is 2. The van der Waals surface area contributed by atoms with Crippen LogP contribution in [-0.2, 0) is 9.47 Å². The highest BCUT2D eigenvalue weighted by Gasteiger charge is 2.20. The van der Waals surface area contributed by atoms with Gasteiger partial charge < -0.3 is 14.8 Å². The van der Waals surface area contributed by atoms with Gasteiger partial charge >= 0.3 is 0 Å². The van der Waals surface area contributed by atoms with Gasteiger partial charge in [0.25, 0.3) is 0 Å². The molecule has 15 heavy (non-hydrogen) atoms. The van der Waals surface area contributed by atoms with Gasteiger partial charge in [0.05, 0.1) is 12.1 Å². The third-order valence-corrected chi connectivity index (χ3v) is 2.13. The molecule has 0 spiro atoms. The van der Waals surface area contributed by atoms with E-state index < -0.39 is 0 Å². The summed E-state index contributed by atoms with van der Waals surface area (Å²) in [4.78, 5) is 0. The number of H-pyrrole nitrogens is 1. The first-order valence-electron chi connectivity index (χ1n) is 4.74. The van der Waals surface area contributed by atoms with Crippen LogP contribution in [0.25, 0.3) is 0 Å². The zero-order valence-electron chi connectivity index (χ0n) is 9.39. The van der Waals surface area contributed by atoms with Crippen LogP contribution in [0.2, 0.25) is 0 Å². The SMILES string of the molecule is COC(OC)C(C)NC(C)c1nn[nH]n1. The van der Waals surface area contributed by atoms with E-state index in [1.165, 1.54) is 0 Å². The lowest BCUT2D eigenvalue weighted by Gasteiger charge is -2.24. The quantitative estimate of drug-likeness (QED) is 0.642. The van der Waals surface area contributed by atoms with Gasteiger partial charge in [-0.15, -0.1) is 10.2 Å². The summed E-state index contributed by atoms with van der Waals surface area (Å²) in [5.74, 6) is 0.618. The monoisotopic (exact) mass is 215 g/mol. The molecule has 0 aliphatic heterocycles. The number of aromatic nitrogens is 4. The molecule has 1 aromatic heterocycles. The minimum atomic E-state index is -0.292. The van der Waals surface area contributed by atoms with Crippen LogP contribution in [0.5, 0.6) is 0 Å². The molecule has 2 atom stereocenters. The van der Waals surface area contributed by atoms with Gasteiger partial charge in [-0.3, -0.25) is 0 Å². The van der Waals surface area contributed by atoms with E-state index in [0.717, 1.165) is 0 Å². The number of methoxy groups -OCH3 is 2. The molecule has 0 aliphatic carbocycles. The fourth-order valence-corrected chi connectivity index (χ4v) is 1.40. The molecule has 0 radical (unpaired) electrons. The van der Waals surface area contributed by atoms with Crippen molar-refractivity contribution in [3.05, 3.63) is 5.82 Å². The van der Waals surface area contributed by atoms with Crippen molar-refractivity contribution in [3.63, 3.8) is 0 Å². The first kappa shape index (κ1) is 12.0. The number of hydrogen-bond donors (Lipinski definition) is 2. The van der Waals surface area contributed by atoms with Crippen LogP contribution in [0.3, 0.4) is 0 Å². The van der Waals surface area contributed by atoms with Crippen molar-refractivity contribution < 1.29 is 9.47 Å². The molecular formula is C8H17N5O2. The largest absolute Gasteiger partial charge is 0.354 e. The molecule has 0 saturated carbocycles. The van der Waals surface area contributed by atoms with E-state index in [2.05, 4.69) is 25.9 Å². The lowest BCUT2D eigenvalue weighted by molar-refractivity contribution is -0.120. The first-order chi connectivity index (χ1) is 7.19. The van der Waals surface area contributed by atoms with Crippen LogP contribution in [0.15, 0.2) is 0 Å². The van der Waals surface area contributed by atoms with Gasteiger partial charge in [0, 0.05) is 14.2 Å². The summed E-state index contributed by atoms with van der Waals surface area (Å²) >= 11 is 0. The van der Waals surface area contributed by atoms with Crippen molar-refractivity contribution in [1.29, 1.82) is 0 Å². The second-order valence-corrected chi connectivity index (χ2v) is 3.29. The summed E-state index contributed by atoms with van der Waals surface area (Å²) in [6, 6.07) is 0.0278. The van der Waals surface area contributed by atoms with Gasteiger partial charge in [0.15, 0.2) is 12.1 Å². The summed E-state index contributed by atoms with van der Waals surface area (Å²) in [5, 5.41) is 16.9. The summed E-state index contributed by atoms with van der Waals surface area (Å²) in [7, 11) is 3.21. The zero-order valence-corrected chi connectivity index (χ0v) is 9.39. The first-order valence-corrected chi connectivity index (χ1v) is 4.74. The van der Waals surface area contributed by atoms with E-state index in [-0.39, 0.29) is 18.4 Å². The van der Waals surface area contributed by atoms with Crippen LogP contribution >= 0.6 is 0 Å². The molecule has 0 fully saturated rings. The van der Waals surface area contributed by atoms with Crippen LogP contribution in [0.4, 0.5) is 0 Å². The molecule has 0 bridgehead atoms. The summed E-state index contributed by atoms with van der Waals surface area (Å²) in [6.07, 6.45) is -0.292. The van der Waals surface area contributed by atoms with Crippen molar-refractivity contribution in [2.24, 2.45) is 0 Å². The Balaban J connectivity index is 2.47. The average molecular weight is 215 g/mol. The summed E-state index contributed by atoms with van der Waals surface area (Å²) in [6.45, 7) is 3.91. The van der Waals surface area contributed by atoms with E-state index in [4.69, 9.17) is 9.47 Å². The Hall–Kier alpha value is -1.05.